The fourth-order valence-electron chi connectivity index (χ4n) is 1.57. The molecule has 3 nitrogen and oxygen atoms in total. The third-order valence-electron chi connectivity index (χ3n) is 2.50. The molecule has 16 heavy (non-hydrogen) atoms. The molecule has 0 saturated carbocycles. The molecule has 0 radical (unpaired) electrons. The molecule has 0 fully saturated rings. The topological polar surface area (TPSA) is 53.2 Å². The zero-order chi connectivity index (χ0) is 12.0. The first-order valence-electron chi connectivity index (χ1n) is 5.53. The van der Waals surface area contributed by atoms with Gasteiger partial charge in [-0.15, -0.1) is 0 Å². The molecule has 1 aromatic rings. The smallest absolute Gasteiger partial charge is 0.119 e. The Labute approximate surface area is 96.3 Å². The van der Waals surface area contributed by atoms with Crippen LogP contribution in [0.5, 0.6) is 5.75 Å². The summed E-state index contributed by atoms with van der Waals surface area (Å²) < 4.78 is 5.35. The van der Waals surface area contributed by atoms with Crippen molar-refractivity contribution in [1.82, 2.24) is 0 Å². The Morgan fingerprint density at radius 2 is 2.19 bits per heavy atom. The average Bonchev–Trinajstić information content (AvgIpc) is 2.31. The van der Waals surface area contributed by atoms with Gasteiger partial charge in [-0.2, -0.15) is 5.26 Å². The zero-order valence-corrected chi connectivity index (χ0v) is 9.68. The summed E-state index contributed by atoms with van der Waals surface area (Å²) in [6.45, 7) is 4.39. The van der Waals surface area contributed by atoms with Crippen molar-refractivity contribution in [3.05, 3.63) is 29.8 Å². The summed E-state index contributed by atoms with van der Waals surface area (Å²) in [6, 6.07) is 9.38. The van der Waals surface area contributed by atoms with E-state index in [-0.39, 0.29) is 5.92 Å². The summed E-state index contributed by atoms with van der Waals surface area (Å²) in [5, 5.41) is 18.9. The Morgan fingerprint density at radius 3 is 2.75 bits per heavy atom. The van der Waals surface area contributed by atoms with E-state index < -0.39 is 6.10 Å². The highest BCUT2D eigenvalue weighted by Crippen LogP contribution is 2.26. The average molecular weight is 219 g/mol. The van der Waals surface area contributed by atoms with Gasteiger partial charge in [0.05, 0.1) is 24.7 Å². The zero-order valence-electron chi connectivity index (χ0n) is 9.68. The van der Waals surface area contributed by atoms with Crippen LogP contribution >= 0.6 is 0 Å². The summed E-state index contributed by atoms with van der Waals surface area (Å²) in [5.74, 6) is 0.365. The van der Waals surface area contributed by atoms with Crippen molar-refractivity contribution < 1.29 is 9.84 Å². The van der Waals surface area contributed by atoms with Crippen molar-refractivity contribution in [2.75, 3.05) is 6.61 Å². The maximum absolute atomic E-state index is 9.99. The molecule has 0 aliphatic rings. The third kappa shape index (κ3) is 2.98. The number of ether oxygens (including phenoxy) is 1. The van der Waals surface area contributed by atoms with Crippen molar-refractivity contribution in [3.8, 4) is 11.8 Å². The Kier molecular flexibility index (Phi) is 4.81. The van der Waals surface area contributed by atoms with E-state index in [1.54, 1.807) is 6.07 Å². The lowest BCUT2D eigenvalue weighted by Crippen LogP contribution is -2.09. The van der Waals surface area contributed by atoms with Crippen LogP contribution in [0.3, 0.4) is 0 Å². The molecule has 0 spiro atoms. The minimum absolute atomic E-state index is 0.364. The van der Waals surface area contributed by atoms with Gasteiger partial charge in [0.25, 0.3) is 0 Å². The third-order valence-corrected chi connectivity index (χ3v) is 2.50. The summed E-state index contributed by atoms with van der Waals surface area (Å²) in [5.41, 5.74) is 0.736. The monoisotopic (exact) mass is 219 g/mol. The van der Waals surface area contributed by atoms with Gasteiger partial charge in [0.1, 0.15) is 5.75 Å². The molecular weight excluding hydrogens is 202 g/mol. The molecule has 86 valence electrons. The second kappa shape index (κ2) is 6.14. The lowest BCUT2D eigenvalue weighted by atomic mass is 9.95. The van der Waals surface area contributed by atoms with E-state index in [0.29, 0.717) is 13.0 Å². The van der Waals surface area contributed by atoms with E-state index in [2.05, 4.69) is 6.07 Å². The Bertz CT molecular complexity index is 370. The van der Waals surface area contributed by atoms with E-state index in [4.69, 9.17) is 10.00 Å². The molecule has 2 unspecified atom stereocenters. The normalized spacial score (nSPS) is 13.9. The van der Waals surface area contributed by atoms with Gasteiger partial charge in [-0.1, -0.05) is 19.1 Å². The number of rotatable bonds is 5. The van der Waals surface area contributed by atoms with Crippen LogP contribution in [0.1, 0.15) is 31.9 Å². The van der Waals surface area contributed by atoms with Crippen LogP contribution in [0.25, 0.3) is 0 Å². The van der Waals surface area contributed by atoms with Crippen molar-refractivity contribution in [2.45, 2.75) is 26.4 Å². The minimum Gasteiger partial charge on any atom is -0.494 e. The van der Waals surface area contributed by atoms with Gasteiger partial charge in [-0.25, -0.2) is 0 Å². The molecule has 2 atom stereocenters. The second-order valence-electron chi connectivity index (χ2n) is 3.59. The largest absolute Gasteiger partial charge is 0.494 e. The number of nitriles is 1. The molecule has 0 aliphatic heterocycles. The molecule has 0 aromatic heterocycles. The maximum atomic E-state index is 9.99. The number of benzene rings is 1. The molecule has 0 heterocycles. The van der Waals surface area contributed by atoms with Crippen molar-refractivity contribution in [1.29, 1.82) is 5.26 Å². The SMILES string of the molecule is CCOc1cccc(C(O)C(C#N)CC)c1. The number of aliphatic hydroxyl groups is 1. The molecule has 3 heteroatoms. The van der Waals surface area contributed by atoms with Gasteiger partial charge in [0.15, 0.2) is 0 Å². The van der Waals surface area contributed by atoms with Crippen LogP contribution in [0, 0.1) is 17.2 Å². The molecule has 1 aromatic carbocycles. The van der Waals surface area contributed by atoms with Crippen molar-refractivity contribution in [3.63, 3.8) is 0 Å². The first-order chi connectivity index (χ1) is 7.72. The van der Waals surface area contributed by atoms with E-state index in [1.807, 2.05) is 32.0 Å². The predicted molar refractivity (Wildman–Crippen MR) is 62.0 cm³/mol. The van der Waals surface area contributed by atoms with Gasteiger partial charge in [0.2, 0.25) is 0 Å². The van der Waals surface area contributed by atoms with E-state index >= 15 is 0 Å². The Morgan fingerprint density at radius 1 is 1.44 bits per heavy atom. The molecule has 0 amide bonds. The van der Waals surface area contributed by atoms with Gasteiger partial charge in [-0.3, -0.25) is 0 Å². The van der Waals surface area contributed by atoms with E-state index in [0.717, 1.165) is 11.3 Å². The highest BCUT2D eigenvalue weighted by atomic mass is 16.5. The Balaban J connectivity index is 2.87. The molecule has 1 rings (SSSR count). The summed E-state index contributed by atoms with van der Waals surface area (Å²) in [6.07, 6.45) is -0.105. The Hall–Kier alpha value is -1.53. The predicted octanol–water partition coefficient (Wildman–Crippen LogP) is 2.67. The fraction of sp³-hybridized carbons (Fsp3) is 0.462. The van der Waals surface area contributed by atoms with Crippen molar-refractivity contribution in [2.24, 2.45) is 5.92 Å². The lowest BCUT2D eigenvalue weighted by Gasteiger charge is -2.16. The van der Waals surface area contributed by atoms with Crippen LogP contribution in [0.4, 0.5) is 0 Å². The second-order valence-corrected chi connectivity index (χ2v) is 3.59. The van der Waals surface area contributed by atoms with Gasteiger partial charge < -0.3 is 9.84 Å². The van der Waals surface area contributed by atoms with Crippen LogP contribution in [0.15, 0.2) is 24.3 Å². The standard InChI is InChI=1S/C13H17NO2/c1-3-10(9-14)13(15)11-6-5-7-12(8-11)16-4-2/h5-8,10,13,15H,3-4H2,1-2H3. The molecule has 0 bridgehead atoms. The molecular formula is C13H17NO2. The summed E-state index contributed by atoms with van der Waals surface area (Å²) in [4.78, 5) is 0. The number of nitrogens with zero attached hydrogens (tertiary/aromatic N) is 1. The number of aliphatic hydroxyl groups excluding tert-OH is 1. The first-order valence-corrected chi connectivity index (χ1v) is 5.53. The van der Waals surface area contributed by atoms with Crippen LogP contribution in [-0.4, -0.2) is 11.7 Å². The van der Waals surface area contributed by atoms with Crippen LogP contribution in [-0.2, 0) is 0 Å². The summed E-state index contributed by atoms with van der Waals surface area (Å²) >= 11 is 0. The quantitative estimate of drug-likeness (QED) is 0.828. The molecule has 1 N–H and O–H groups in total. The first kappa shape index (κ1) is 12.5. The highest BCUT2D eigenvalue weighted by Gasteiger charge is 2.18. The maximum Gasteiger partial charge on any atom is 0.119 e. The van der Waals surface area contributed by atoms with Crippen molar-refractivity contribution >= 4 is 0 Å². The van der Waals surface area contributed by atoms with Gasteiger partial charge >= 0.3 is 0 Å². The molecule has 0 saturated heterocycles. The van der Waals surface area contributed by atoms with Crippen LogP contribution < -0.4 is 4.74 Å². The highest BCUT2D eigenvalue weighted by molar-refractivity contribution is 5.30. The molecule has 0 aliphatic carbocycles. The fourth-order valence-corrected chi connectivity index (χ4v) is 1.57. The van der Waals surface area contributed by atoms with E-state index in [9.17, 15) is 5.11 Å². The van der Waals surface area contributed by atoms with Gasteiger partial charge in [-0.05, 0) is 31.0 Å². The van der Waals surface area contributed by atoms with Gasteiger partial charge in [0, 0.05) is 0 Å². The minimum atomic E-state index is -0.740. The lowest BCUT2D eigenvalue weighted by molar-refractivity contribution is 0.132. The number of hydrogen-bond donors (Lipinski definition) is 1. The van der Waals surface area contributed by atoms with Crippen LogP contribution in [0.2, 0.25) is 0 Å². The van der Waals surface area contributed by atoms with E-state index in [1.165, 1.54) is 0 Å². The summed E-state index contributed by atoms with van der Waals surface area (Å²) in [7, 11) is 0. The number of hydrogen-bond acceptors (Lipinski definition) is 3.